The summed E-state index contributed by atoms with van der Waals surface area (Å²) in [6.45, 7) is 3.57. The number of hydrogen-bond donors (Lipinski definition) is 1. The van der Waals surface area contributed by atoms with Gasteiger partial charge >= 0.3 is 20.4 Å². The summed E-state index contributed by atoms with van der Waals surface area (Å²) in [5, 5.41) is 9.06. The highest BCUT2D eigenvalue weighted by Crippen LogP contribution is 1.93. The predicted octanol–water partition coefficient (Wildman–Crippen LogP) is 0.356. The van der Waals surface area contributed by atoms with E-state index in [0.29, 0.717) is 0 Å². The molecule has 3 heteroatoms. The van der Waals surface area contributed by atoms with E-state index in [-0.39, 0.29) is 8.15 Å². The average molecular weight is 140 g/mol. The molecule has 9 heavy (non-hydrogen) atoms. The fourth-order valence-corrected chi connectivity index (χ4v) is 2.04. The van der Waals surface area contributed by atoms with Crippen LogP contribution in [0.15, 0.2) is 0 Å². The maximum Gasteiger partial charge on any atom is 0.509 e. The van der Waals surface area contributed by atoms with Gasteiger partial charge in [-0.3, -0.25) is 0 Å². The molecule has 0 saturated carbocycles. The van der Waals surface area contributed by atoms with Gasteiger partial charge in [0, 0.05) is 0 Å². The summed E-state index contributed by atoms with van der Waals surface area (Å²) in [6.07, 6.45) is 1.77. The number of aliphatic hydroxyl groups is 1. The predicted molar refractivity (Wildman–Crippen MR) is 37.3 cm³/mol. The molecule has 2 nitrogen and oxygen atoms in total. The summed E-state index contributed by atoms with van der Waals surface area (Å²) in [5.74, 6) is 0. The van der Waals surface area contributed by atoms with Crippen LogP contribution in [0.2, 0.25) is 0 Å². The van der Waals surface area contributed by atoms with E-state index in [0.717, 1.165) is 12.8 Å². The van der Waals surface area contributed by atoms with Crippen molar-refractivity contribution in [2.45, 2.75) is 30.9 Å². The Labute approximate surface area is 65.4 Å². The van der Waals surface area contributed by atoms with Gasteiger partial charge in [-0.25, -0.2) is 0 Å². The summed E-state index contributed by atoms with van der Waals surface area (Å²) in [5.41, 5.74) is 0. The van der Waals surface area contributed by atoms with Crippen LogP contribution in [-0.4, -0.2) is 33.6 Å². The molecule has 0 rings (SSSR count). The molecule has 1 atom stereocenters. The van der Waals surface area contributed by atoms with Crippen LogP contribution in [0, 0.1) is 0 Å². The van der Waals surface area contributed by atoms with Crippen LogP contribution >= 0.6 is 0 Å². The van der Waals surface area contributed by atoms with Gasteiger partial charge in [0.25, 0.3) is 0 Å². The van der Waals surface area contributed by atoms with Crippen molar-refractivity contribution in [1.29, 1.82) is 0 Å². The Morgan fingerprint density at radius 1 is 1.78 bits per heavy atom. The molecule has 0 aliphatic heterocycles. The van der Waals surface area contributed by atoms with Crippen LogP contribution in [-0.2, 0) is 4.79 Å². The molecule has 0 amide bonds. The molecule has 0 aliphatic rings. The molecule has 0 aromatic carbocycles. The van der Waals surface area contributed by atoms with Gasteiger partial charge in [-0.1, -0.05) is 19.8 Å². The van der Waals surface area contributed by atoms with E-state index < -0.39 is 20.4 Å². The molecule has 0 aromatic rings. The number of carbonyl (C=O) groups excluding carboxylic acids is 1. The molecule has 0 fully saturated rings. The summed E-state index contributed by atoms with van der Waals surface area (Å²) < 4.78 is -0.0662. The molecule has 0 bridgehead atoms. The number of aliphatic hydroxyl groups excluding tert-OH is 1. The lowest BCUT2D eigenvalue weighted by Crippen LogP contribution is -2.22. The second-order valence-electron chi connectivity index (χ2n) is 2.35. The quantitative estimate of drug-likeness (QED) is 0.573. The topological polar surface area (TPSA) is 37.3 Å². The Kier molecular flexibility index (Phi) is 5.43. The fraction of sp³-hybridized carbons (Fsp3) is 0.833. The van der Waals surface area contributed by atoms with Gasteiger partial charge in [-0.15, -0.1) is 0 Å². The first-order valence-corrected chi connectivity index (χ1v) is 4.86. The molecule has 0 aliphatic carbocycles. The van der Waals surface area contributed by atoms with Crippen molar-refractivity contribution in [2.75, 3.05) is 0 Å². The summed E-state index contributed by atoms with van der Waals surface area (Å²) in [6, 6.07) is 0. The zero-order valence-electron chi connectivity index (χ0n) is 6.05. The summed E-state index contributed by atoms with van der Waals surface area (Å²) in [7, 11) is 0. The third kappa shape index (κ3) is 6.28. The Hall–Kier alpha value is 0.396. The van der Waals surface area contributed by atoms with Crippen molar-refractivity contribution >= 4 is 24.3 Å². The van der Waals surface area contributed by atoms with E-state index in [4.69, 9.17) is 5.11 Å². The first-order valence-electron chi connectivity index (χ1n) is 3.34. The molecule has 0 aromatic heterocycles. The second-order valence-corrected chi connectivity index (χ2v) is 4.70. The number of carbonyl (C=O) groups is 1. The van der Waals surface area contributed by atoms with E-state index in [1.54, 1.807) is 6.92 Å². The average Bonchev–Trinajstić information content (AvgIpc) is 1.63. The van der Waals surface area contributed by atoms with Gasteiger partial charge in [0.15, 0.2) is 0 Å². The Morgan fingerprint density at radius 3 is 2.67 bits per heavy atom. The lowest BCUT2D eigenvalue weighted by molar-refractivity contribution is -0.110. The van der Waals surface area contributed by atoms with E-state index in [2.05, 4.69) is 0 Å². The Bertz CT molecular complexity index is 93.1. The minimum Gasteiger partial charge on any atom is -0.420 e. The molecule has 1 unspecified atom stereocenters. The van der Waals surface area contributed by atoms with Gasteiger partial charge in [-0.2, -0.15) is 0 Å². The van der Waals surface area contributed by atoms with Crippen molar-refractivity contribution in [3.8, 4) is 0 Å². The minimum atomic E-state index is -0.824. The maximum atomic E-state index is 10.4. The van der Waals surface area contributed by atoms with Crippen molar-refractivity contribution in [2.24, 2.45) is 0 Å². The first-order chi connectivity index (χ1) is 4.16. The fourth-order valence-electron chi connectivity index (χ4n) is 0.767. The lowest BCUT2D eigenvalue weighted by Gasteiger charge is -2.02. The molecule has 0 saturated heterocycles. The smallest absolute Gasteiger partial charge is 0.420 e. The zero-order chi connectivity index (χ0) is 7.28. The van der Waals surface area contributed by atoms with Gasteiger partial charge in [0.05, 0.1) is 0 Å². The molecular weight excluding hydrogens is 128 g/mol. The molecule has 0 heterocycles. The number of hydrogen-bond acceptors (Lipinski definition) is 2. The van der Waals surface area contributed by atoms with Gasteiger partial charge in [0.2, 0.25) is 0 Å². The first kappa shape index (κ1) is 9.40. The third-order valence-electron chi connectivity index (χ3n) is 1.14. The van der Waals surface area contributed by atoms with E-state index >= 15 is 0 Å². The maximum absolute atomic E-state index is 10.4. The summed E-state index contributed by atoms with van der Waals surface area (Å²) >= 11 is -0.824. The van der Waals surface area contributed by atoms with Crippen molar-refractivity contribution < 1.29 is 9.90 Å². The largest absolute Gasteiger partial charge is 0.509 e. The highest BCUT2D eigenvalue weighted by atomic mass is 24.5. The second kappa shape index (κ2) is 5.20. The molecule has 0 radical (unpaired) electrons. The van der Waals surface area contributed by atoms with E-state index in [1.165, 1.54) is 0 Å². The highest BCUT2D eigenvalue weighted by molar-refractivity contribution is 6.74. The lowest BCUT2D eigenvalue weighted by atomic mass is 10.4. The Balaban J connectivity index is 3.26. The van der Waals surface area contributed by atoms with Crippen molar-refractivity contribution in [1.82, 2.24) is 0 Å². The van der Waals surface area contributed by atoms with E-state index in [1.807, 2.05) is 6.92 Å². The van der Waals surface area contributed by atoms with Crippen molar-refractivity contribution in [3.05, 3.63) is 0 Å². The minimum absolute atomic E-state index is 0.205. The summed E-state index contributed by atoms with van der Waals surface area (Å²) in [4.78, 5) is 10.4. The van der Waals surface area contributed by atoms with Gasteiger partial charge in [-0.05, 0) is 15.1 Å². The molecule has 50 valence electrons. The van der Waals surface area contributed by atoms with E-state index in [9.17, 15) is 4.79 Å². The molecule has 0 spiro atoms. The normalized spacial score (nSPS) is 12.3. The number of rotatable bonds is 4. The van der Waals surface area contributed by atoms with Crippen LogP contribution in [0.1, 0.15) is 26.7 Å². The third-order valence-corrected chi connectivity index (χ3v) is 2.60. The van der Waals surface area contributed by atoms with Crippen LogP contribution in [0.25, 0.3) is 0 Å². The highest BCUT2D eigenvalue weighted by Gasteiger charge is 2.11. The van der Waals surface area contributed by atoms with Crippen molar-refractivity contribution in [3.63, 3.8) is 0 Å². The van der Waals surface area contributed by atoms with Crippen LogP contribution < -0.4 is 0 Å². The monoisotopic (exact) mass is 140 g/mol. The van der Waals surface area contributed by atoms with Crippen LogP contribution in [0.4, 0.5) is 0 Å². The van der Waals surface area contributed by atoms with Gasteiger partial charge < -0.3 is 9.90 Å². The zero-order valence-corrected chi connectivity index (χ0v) is 7.47. The molecular formula is C6H12MgO2. The molecule has 1 N–H and O–H groups in total. The van der Waals surface area contributed by atoms with Crippen LogP contribution in [0.3, 0.4) is 0 Å². The Morgan fingerprint density at radius 2 is 2.33 bits per heavy atom. The SMILES string of the molecule is CCC[CH](O)[Mg][C](C)=O. The standard InChI is InChI=1S/C4H9O.C2H3O.Mg/c1-2-3-4-5;1-2-3;/h4-5H,2-3H2,1H3;1H3;. The van der Waals surface area contributed by atoms with Gasteiger partial charge in [0.1, 0.15) is 0 Å². The van der Waals surface area contributed by atoms with Crippen LogP contribution in [0.5, 0.6) is 0 Å².